The van der Waals surface area contributed by atoms with Gasteiger partial charge in [0.2, 0.25) is 0 Å². The second-order valence-electron chi connectivity index (χ2n) is 5.87. The fourth-order valence-electron chi connectivity index (χ4n) is 2.04. The number of aliphatic imine (C=N–C) groups is 1. The highest BCUT2D eigenvalue weighted by atomic mass is 127. The van der Waals surface area contributed by atoms with Crippen LogP contribution < -0.4 is 16.4 Å². The summed E-state index contributed by atoms with van der Waals surface area (Å²) < 4.78 is 5.00. The Labute approximate surface area is 155 Å². The van der Waals surface area contributed by atoms with Crippen LogP contribution in [0.2, 0.25) is 0 Å². The minimum Gasteiger partial charge on any atom is -0.459 e. The number of hydrogen-bond acceptors (Lipinski definition) is 3. The van der Waals surface area contributed by atoms with Gasteiger partial charge in [-0.3, -0.25) is 9.79 Å². The van der Waals surface area contributed by atoms with Gasteiger partial charge in [0.25, 0.3) is 5.91 Å². The Kier molecular flexibility index (Phi) is 11.5. The van der Waals surface area contributed by atoms with E-state index in [0.717, 1.165) is 12.3 Å². The van der Waals surface area contributed by atoms with E-state index in [1.54, 1.807) is 12.1 Å². The Balaban J connectivity index is 0.00000484. The smallest absolute Gasteiger partial charge is 0.287 e. The van der Waals surface area contributed by atoms with Gasteiger partial charge in [-0.25, -0.2) is 0 Å². The van der Waals surface area contributed by atoms with Crippen molar-refractivity contribution in [2.24, 2.45) is 16.6 Å². The maximum atomic E-state index is 11.6. The minimum absolute atomic E-state index is 0. The van der Waals surface area contributed by atoms with Gasteiger partial charge in [0.1, 0.15) is 0 Å². The molecule has 1 heterocycles. The fraction of sp³-hybridized carbons (Fsp3) is 0.625. The summed E-state index contributed by atoms with van der Waals surface area (Å²) >= 11 is 0. The maximum absolute atomic E-state index is 11.6. The average Bonchev–Trinajstić information content (AvgIpc) is 2.97. The highest BCUT2D eigenvalue weighted by Gasteiger charge is 2.07. The normalized spacial score (nSPS) is 12.6. The Bertz CT molecular complexity index is 461. The van der Waals surface area contributed by atoms with E-state index >= 15 is 0 Å². The van der Waals surface area contributed by atoms with Crippen molar-refractivity contribution in [1.29, 1.82) is 0 Å². The molecule has 0 aliphatic heterocycles. The monoisotopic (exact) mass is 436 g/mol. The molecule has 0 aliphatic carbocycles. The molecule has 0 bridgehead atoms. The standard InChI is InChI=1S/C16H28N4O2.HI/c1-12(2)6-4-7-13(3)20-16(17)19-10-9-18-15(21)14-8-5-11-22-14;/h5,8,11-13H,4,6-7,9-10H2,1-3H3,(H,18,21)(H3,17,19,20);1H. The van der Waals surface area contributed by atoms with E-state index in [0.29, 0.717) is 30.9 Å². The highest BCUT2D eigenvalue weighted by molar-refractivity contribution is 14.0. The molecule has 0 aromatic carbocycles. The SMILES string of the molecule is CC(C)CCCC(C)NC(N)=NCCNC(=O)c1ccco1.I. The minimum atomic E-state index is -0.242. The zero-order chi connectivity index (χ0) is 16.4. The van der Waals surface area contributed by atoms with Crippen molar-refractivity contribution >= 4 is 35.8 Å². The lowest BCUT2D eigenvalue weighted by atomic mass is 10.0. The van der Waals surface area contributed by atoms with Gasteiger partial charge in [-0.15, -0.1) is 24.0 Å². The number of nitrogens with one attached hydrogen (secondary N) is 2. The second kappa shape index (κ2) is 12.2. The topological polar surface area (TPSA) is 92.6 Å². The summed E-state index contributed by atoms with van der Waals surface area (Å²) in [7, 11) is 0. The van der Waals surface area contributed by atoms with E-state index in [-0.39, 0.29) is 29.9 Å². The number of carbonyl (C=O) groups excluding carboxylic acids is 1. The van der Waals surface area contributed by atoms with Crippen LogP contribution >= 0.6 is 24.0 Å². The number of furan rings is 1. The van der Waals surface area contributed by atoms with Crippen LogP contribution in [0.3, 0.4) is 0 Å². The quantitative estimate of drug-likeness (QED) is 0.240. The van der Waals surface area contributed by atoms with Gasteiger partial charge in [-0.05, 0) is 31.4 Å². The summed E-state index contributed by atoms with van der Waals surface area (Å²) in [5.74, 6) is 1.21. The largest absolute Gasteiger partial charge is 0.459 e. The van der Waals surface area contributed by atoms with E-state index in [1.165, 1.54) is 19.1 Å². The molecule has 1 rings (SSSR count). The molecule has 0 aliphatic rings. The molecule has 6 nitrogen and oxygen atoms in total. The van der Waals surface area contributed by atoms with Crippen LogP contribution in [0.1, 0.15) is 50.6 Å². The molecule has 1 aromatic rings. The lowest BCUT2D eigenvalue weighted by Crippen LogP contribution is -2.39. The number of carbonyl (C=O) groups is 1. The van der Waals surface area contributed by atoms with Crippen LogP contribution in [0.5, 0.6) is 0 Å². The van der Waals surface area contributed by atoms with Gasteiger partial charge in [0.15, 0.2) is 11.7 Å². The van der Waals surface area contributed by atoms with Crippen molar-refractivity contribution in [2.45, 2.75) is 46.1 Å². The number of nitrogens with zero attached hydrogens (tertiary/aromatic N) is 1. The number of guanidine groups is 1. The molecule has 1 atom stereocenters. The van der Waals surface area contributed by atoms with Gasteiger partial charge >= 0.3 is 0 Å². The summed E-state index contributed by atoms with van der Waals surface area (Å²) in [5, 5.41) is 5.88. The van der Waals surface area contributed by atoms with Crippen LogP contribution in [-0.2, 0) is 0 Å². The Morgan fingerprint density at radius 3 is 2.70 bits per heavy atom. The summed E-state index contributed by atoms with van der Waals surface area (Å²) in [6.45, 7) is 7.41. The molecule has 7 heteroatoms. The predicted octanol–water partition coefficient (Wildman–Crippen LogP) is 2.75. The fourth-order valence-corrected chi connectivity index (χ4v) is 2.04. The van der Waals surface area contributed by atoms with Crippen molar-refractivity contribution in [3.8, 4) is 0 Å². The Hall–Kier alpha value is -1.25. The third-order valence-corrected chi connectivity index (χ3v) is 3.24. The number of hydrogen-bond donors (Lipinski definition) is 3. The number of amides is 1. The van der Waals surface area contributed by atoms with E-state index in [9.17, 15) is 4.79 Å². The molecule has 0 saturated carbocycles. The summed E-state index contributed by atoms with van der Waals surface area (Å²) in [6.07, 6.45) is 4.94. The summed E-state index contributed by atoms with van der Waals surface area (Å²) in [5.41, 5.74) is 5.83. The molecule has 1 amide bonds. The lowest BCUT2D eigenvalue weighted by Gasteiger charge is -2.15. The first-order valence-corrected chi connectivity index (χ1v) is 7.87. The second-order valence-corrected chi connectivity index (χ2v) is 5.87. The van der Waals surface area contributed by atoms with Crippen LogP contribution in [0.15, 0.2) is 27.8 Å². The first-order valence-electron chi connectivity index (χ1n) is 7.87. The zero-order valence-electron chi connectivity index (χ0n) is 14.2. The molecule has 23 heavy (non-hydrogen) atoms. The molecular weight excluding hydrogens is 407 g/mol. The van der Waals surface area contributed by atoms with Crippen molar-refractivity contribution in [1.82, 2.24) is 10.6 Å². The summed E-state index contributed by atoms with van der Waals surface area (Å²) in [4.78, 5) is 15.8. The van der Waals surface area contributed by atoms with Gasteiger partial charge in [0.05, 0.1) is 12.8 Å². The first kappa shape index (κ1) is 21.8. The van der Waals surface area contributed by atoms with Crippen LogP contribution in [-0.4, -0.2) is 31.0 Å². The molecular formula is C16H29IN4O2. The third-order valence-electron chi connectivity index (χ3n) is 3.24. The molecule has 0 saturated heterocycles. The first-order chi connectivity index (χ1) is 10.5. The van der Waals surface area contributed by atoms with Crippen molar-refractivity contribution in [2.75, 3.05) is 13.1 Å². The number of rotatable bonds is 9. The molecule has 4 N–H and O–H groups in total. The van der Waals surface area contributed by atoms with Gasteiger partial charge < -0.3 is 20.8 Å². The van der Waals surface area contributed by atoms with E-state index in [1.807, 2.05) is 0 Å². The number of nitrogens with two attached hydrogens (primary N) is 1. The van der Waals surface area contributed by atoms with Crippen molar-refractivity contribution in [3.63, 3.8) is 0 Å². The van der Waals surface area contributed by atoms with E-state index < -0.39 is 0 Å². The highest BCUT2D eigenvalue weighted by Crippen LogP contribution is 2.07. The van der Waals surface area contributed by atoms with E-state index in [2.05, 4.69) is 36.4 Å². The average molecular weight is 436 g/mol. The van der Waals surface area contributed by atoms with Crippen LogP contribution in [0.25, 0.3) is 0 Å². The van der Waals surface area contributed by atoms with Gasteiger partial charge in [-0.2, -0.15) is 0 Å². The Morgan fingerprint density at radius 1 is 1.35 bits per heavy atom. The molecule has 1 aromatic heterocycles. The Morgan fingerprint density at radius 2 is 2.09 bits per heavy atom. The molecule has 0 radical (unpaired) electrons. The van der Waals surface area contributed by atoms with Crippen molar-refractivity contribution < 1.29 is 9.21 Å². The molecule has 1 unspecified atom stereocenters. The lowest BCUT2D eigenvalue weighted by molar-refractivity contribution is 0.0927. The molecule has 132 valence electrons. The van der Waals surface area contributed by atoms with Gasteiger partial charge in [0, 0.05) is 12.6 Å². The maximum Gasteiger partial charge on any atom is 0.287 e. The predicted molar refractivity (Wildman–Crippen MR) is 104 cm³/mol. The van der Waals surface area contributed by atoms with Crippen molar-refractivity contribution in [3.05, 3.63) is 24.2 Å². The zero-order valence-corrected chi connectivity index (χ0v) is 16.5. The van der Waals surface area contributed by atoms with Crippen LogP contribution in [0.4, 0.5) is 0 Å². The van der Waals surface area contributed by atoms with Crippen LogP contribution in [0, 0.1) is 5.92 Å². The van der Waals surface area contributed by atoms with Gasteiger partial charge in [-0.1, -0.05) is 26.7 Å². The number of halogens is 1. The molecule has 0 fully saturated rings. The van der Waals surface area contributed by atoms with E-state index in [4.69, 9.17) is 10.2 Å². The third kappa shape index (κ3) is 10.2. The summed E-state index contributed by atoms with van der Waals surface area (Å²) in [6, 6.07) is 3.60. The molecule has 0 spiro atoms.